The Kier molecular flexibility index (Phi) is 37.7. The van der Waals surface area contributed by atoms with Gasteiger partial charge in [0.05, 0.1) is 131 Å². The number of phosphoric acid groups is 11. The lowest BCUT2D eigenvalue weighted by atomic mass is 10.2. The van der Waals surface area contributed by atoms with Crippen LogP contribution in [0.1, 0.15) is 20.8 Å². The molecule has 476 valence electrons. The van der Waals surface area contributed by atoms with Crippen LogP contribution in [0, 0.1) is 5.92 Å². The second-order valence-electron chi connectivity index (χ2n) is 14.0. The van der Waals surface area contributed by atoms with Gasteiger partial charge in [-0.1, -0.05) is 6.92 Å². The van der Waals surface area contributed by atoms with E-state index in [1.165, 1.54) is 6.92 Å². The van der Waals surface area contributed by atoms with Crippen molar-refractivity contribution in [1.29, 1.82) is 0 Å². The van der Waals surface area contributed by atoms with Crippen molar-refractivity contribution in [3.05, 3.63) is 0 Å². The predicted molar refractivity (Wildman–Crippen MR) is 250 cm³/mol. The average molecular weight is 1390 g/mol. The van der Waals surface area contributed by atoms with E-state index in [0.717, 1.165) is 13.8 Å². The third-order valence-corrected chi connectivity index (χ3v) is 17.1. The van der Waals surface area contributed by atoms with Gasteiger partial charge in [0, 0.05) is 5.92 Å². The molecule has 0 bridgehead atoms. The van der Waals surface area contributed by atoms with Crippen molar-refractivity contribution in [2.45, 2.75) is 33.0 Å². The second kappa shape index (κ2) is 37.1. The summed E-state index contributed by atoms with van der Waals surface area (Å²) in [5.41, 5.74) is 0. The number of hydrogen-bond donors (Lipinski definition) is 13. The highest BCUT2D eigenvalue weighted by molar-refractivity contribution is 7.50. The molecule has 0 aliphatic rings. The number of hydrogen-bond acceptors (Lipinski definition) is 31. The largest absolute Gasteiger partial charge is 0.472 e. The second-order valence-corrected chi connectivity index (χ2v) is 29.4. The Hall–Kier alpha value is 1.21. The first-order chi connectivity index (χ1) is 35.8. The Morgan fingerprint density at radius 1 is 0.228 bits per heavy atom. The standard InChI is InChI=1S/C24H61O44P11/c1-22(18-63-69(25,26)27)19-64-78(45,46)66-21-24(3)68-79(47,48)62-17-16-60-76(41,42)58-13-12-56-74(37,38)54-9-8-52-72(33,34)50-5-4-49-71(31,32)51-6-7-53-73(35,36)55-10-11-57-75(39,40)59-14-15-61-77(43,44)65-20-23(2)67-70(28,29)30/h22-24H,4-21H2,1-3H3,(H,31,32)(H,33,34)(H,35,36)(H,37,38)(H,39,40)(H,41,42)(H,43,44)(H,45,46)(H,47,48)(H2,25,26,27)(H2,28,29,30). The summed E-state index contributed by atoms with van der Waals surface area (Å²) in [5, 5.41) is 0. The lowest BCUT2D eigenvalue weighted by Crippen LogP contribution is -2.17. The molecule has 0 aliphatic heterocycles. The lowest BCUT2D eigenvalue weighted by Gasteiger charge is -2.20. The molecule has 0 saturated carbocycles. The fourth-order valence-electron chi connectivity index (χ4n) is 3.88. The molecule has 0 spiro atoms. The van der Waals surface area contributed by atoms with E-state index in [-0.39, 0.29) is 0 Å². The summed E-state index contributed by atoms with van der Waals surface area (Å²) in [6, 6.07) is 0. The normalized spacial score (nSPS) is 20.9. The van der Waals surface area contributed by atoms with E-state index in [0.29, 0.717) is 0 Å². The molecular formula is C24H61O44P11. The van der Waals surface area contributed by atoms with Crippen LogP contribution in [0.2, 0.25) is 0 Å². The van der Waals surface area contributed by atoms with Gasteiger partial charge in [-0.2, -0.15) is 0 Å². The maximum absolute atomic E-state index is 12.1. The SMILES string of the molecule is CC(COP(=O)(O)O)COP(=O)(O)OCC(C)OP(=O)(O)OCCOP(=O)(O)OCCOP(=O)(O)OCCOP(=O)(O)OCCOP(=O)(O)OCCOP(=O)(O)OCCOP(=O)(O)OCCOP(=O)(O)OCC(C)OP(=O)(O)O. The summed E-state index contributed by atoms with van der Waals surface area (Å²) in [5.74, 6) is -0.782. The van der Waals surface area contributed by atoms with Gasteiger partial charge in [0.2, 0.25) is 0 Å². The minimum Gasteiger partial charge on any atom is -0.303 e. The first kappa shape index (κ1) is 80.2. The third kappa shape index (κ3) is 49.0. The fourth-order valence-corrected chi connectivity index (χ4v) is 11.5. The maximum Gasteiger partial charge on any atom is 0.472 e. The Balaban J connectivity index is 4.30. The molecule has 0 aromatic rings. The molecule has 0 fully saturated rings. The van der Waals surface area contributed by atoms with E-state index >= 15 is 0 Å². The van der Waals surface area contributed by atoms with Crippen molar-refractivity contribution in [1.82, 2.24) is 0 Å². The van der Waals surface area contributed by atoms with Gasteiger partial charge in [0.1, 0.15) is 0 Å². The zero-order chi connectivity index (χ0) is 61.1. The molecule has 13 N–H and O–H groups in total. The van der Waals surface area contributed by atoms with E-state index in [4.69, 9.17) is 19.6 Å². The van der Waals surface area contributed by atoms with Crippen LogP contribution in [0.25, 0.3) is 0 Å². The minimum atomic E-state index is -4.99. The van der Waals surface area contributed by atoms with Gasteiger partial charge in [-0.15, -0.1) is 0 Å². The molecule has 79 heavy (non-hydrogen) atoms. The van der Waals surface area contributed by atoms with Gasteiger partial charge in [0.25, 0.3) is 0 Å². The summed E-state index contributed by atoms with van der Waals surface area (Å²) >= 11 is 0. The molecule has 0 aliphatic carbocycles. The summed E-state index contributed by atoms with van der Waals surface area (Å²) in [6.45, 7) is -11.8. The first-order valence-corrected chi connectivity index (χ1v) is 37.3. The van der Waals surface area contributed by atoms with Crippen molar-refractivity contribution in [2.24, 2.45) is 5.92 Å². The average Bonchev–Trinajstić information content (AvgIpc) is 3.28. The molecule has 12 unspecified atom stereocenters. The van der Waals surface area contributed by atoms with E-state index in [1.807, 2.05) is 0 Å². The molecule has 12 atom stereocenters. The van der Waals surface area contributed by atoms with Crippen molar-refractivity contribution in [3.63, 3.8) is 0 Å². The van der Waals surface area contributed by atoms with Gasteiger partial charge in [-0.25, -0.2) is 50.2 Å². The van der Waals surface area contributed by atoms with Gasteiger partial charge < -0.3 is 63.6 Å². The Labute approximate surface area is 447 Å². The zero-order valence-electron chi connectivity index (χ0n) is 40.8. The maximum atomic E-state index is 12.1. The van der Waals surface area contributed by atoms with E-state index in [2.05, 4.69) is 90.5 Å². The van der Waals surface area contributed by atoms with E-state index < -0.39 is 223 Å². The van der Waals surface area contributed by atoms with Gasteiger partial charge in [0.15, 0.2) is 0 Å². The van der Waals surface area contributed by atoms with Crippen LogP contribution in [0.3, 0.4) is 0 Å². The summed E-state index contributed by atoms with van der Waals surface area (Å²) in [7, 11) is -54.1. The van der Waals surface area contributed by atoms with Crippen LogP contribution < -0.4 is 0 Å². The highest BCUT2D eigenvalue weighted by atomic mass is 31.2. The van der Waals surface area contributed by atoms with Crippen LogP contribution in [0.15, 0.2) is 0 Å². The molecule has 44 nitrogen and oxygen atoms in total. The van der Waals surface area contributed by atoms with Crippen LogP contribution in [0.5, 0.6) is 0 Å². The van der Waals surface area contributed by atoms with Crippen molar-refractivity contribution >= 4 is 86.0 Å². The van der Waals surface area contributed by atoms with E-state index in [1.54, 1.807) is 0 Å². The van der Waals surface area contributed by atoms with Gasteiger partial charge >= 0.3 is 86.0 Å². The topological polar surface area (TPSA) is 635 Å². The smallest absolute Gasteiger partial charge is 0.303 e. The predicted octanol–water partition coefficient (Wildman–Crippen LogP) is 1.82. The van der Waals surface area contributed by atoms with Crippen molar-refractivity contribution in [2.75, 3.05) is 119 Å². The summed E-state index contributed by atoms with van der Waals surface area (Å²) in [4.78, 5) is 122. The highest BCUT2D eigenvalue weighted by Crippen LogP contribution is 2.52. The number of phosphoric ester groups is 11. The number of rotatable bonds is 51. The molecule has 55 heteroatoms. The highest BCUT2D eigenvalue weighted by Gasteiger charge is 2.33. The molecular weight excluding hydrogens is 1330 g/mol. The monoisotopic (exact) mass is 1390 g/mol. The summed E-state index contributed by atoms with van der Waals surface area (Å²) in [6.07, 6.45) is -2.75. The third-order valence-electron chi connectivity index (χ3n) is 6.77. The Morgan fingerprint density at radius 2 is 0.405 bits per heavy atom. The lowest BCUT2D eigenvalue weighted by molar-refractivity contribution is 0.0501. The molecule has 0 aromatic heterocycles. The van der Waals surface area contributed by atoms with Crippen molar-refractivity contribution in [3.8, 4) is 0 Å². The van der Waals surface area contributed by atoms with Crippen LogP contribution in [-0.4, -0.2) is 195 Å². The van der Waals surface area contributed by atoms with Crippen molar-refractivity contribution < 1.29 is 204 Å². The zero-order valence-corrected chi connectivity index (χ0v) is 50.7. The quantitative estimate of drug-likeness (QED) is 0.0305. The van der Waals surface area contributed by atoms with E-state index in [9.17, 15) is 94.3 Å². The molecule has 0 heterocycles. The van der Waals surface area contributed by atoms with Crippen LogP contribution in [0.4, 0.5) is 0 Å². The Morgan fingerprint density at radius 3 is 0.633 bits per heavy atom. The fraction of sp³-hybridized carbons (Fsp3) is 1.00. The minimum absolute atomic E-state index is 0.544. The molecule has 0 radical (unpaired) electrons. The van der Waals surface area contributed by atoms with Gasteiger partial charge in [-0.05, 0) is 13.8 Å². The van der Waals surface area contributed by atoms with Gasteiger partial charge in [-0.3, -0.25) is 90.5 Å². The molecule has 0 aromatic carbocycles. The first-order valence-electron chi connectivity index (χ1n) is 20.8. The molecule has 0 amide bonds. The van der Waals surface area contributed by atoms with Crippen LogP contribution >= 0.6 is 86.0 Å². The Bertz CT molecular complexity index is 2320. The molecule has 0 rings (SSSR count). The summed E-state index contributed by atoms with van der Waals surface area (Å²) < 4.78 is 218. The van der Waals surface area contributed by atoms with Crippen LogP contribution in [-0.2, 0) is 141 Å². The molecule has 0 saturated heterocycles.